The molecule has 0 aliphatic rings. The fourth-order valence-electron chi connectivity index (χ4n) is 1.00. The van der Waals surface area contributed by atoms with Gasteiger partial charge in [0.25, 0.3) is 0 Å². The van der Waals surface area contributed by atoms with Crippen molar-refractivity contribution < 1.29 is 0 Å². The Hall–Kier alpha value is -1.44. The first-order valence-corrected chi connectivity index (χ1v) is 3.81. The molecule has 0 amide bonds. The molecule has 12 heavy (non-hydrogen) atoms. The van der Waals surface area contributed by atoms with Gasteiger partial charge in [-0.05, 0) is 25.1 Å². The molecule has 0 aromatic heterocycles. The van der Waals surface area contributed by atoms with Crippen molar-refractivity contribution in [3.63, 3.8) is 0 Å². The minimum atomic E-state index is 0.499. The highest BCUT2D eigenvalue weighted by molar-refractivity contribution is 5.64. The third-order valence-electron chi connectivity index (χ3n) is 1.48. The standard InChI is InChI=1S/C10H11NO/c1-8(2)7-9-5-3-4-6-10(9)11-12/h3-7H,1-2H3. The molecule has 0 atom stereocenters. The highest BCUT2D eigenvalue weighted by Gasteiger charge is 1.96. The van der Waals surface area contributed by atoms with Gasteiger partial charge in [0.1, 0.15) is 5.69 Å². The van der Waals surface area contributed by atoms with Crippen LogP contribution in [0.1, 0.15) is 19.4 Å². The highest BCUT2D eigenvalue weighted by Crippen LogP contribution is 2.20. The van der Waals surface area contributed by atoms with Crippen LogP contribution in [0.15, 0.2) is 35.0 Å². The van der Waals surface area contributed by atoms with E-state index in [0.29, 0.717) is 5.69 Å². The third kappa shape index (κ3) is 2.02. The molecule has 0 aliphatic heterocycles. The number of allylic oxidation sites excluding steroid dienone is 1. The van der Waals surface area contributed by atoms with Crippen molar-refractivity contribution in [2.45, 2.75) is 13.8 Å². The second-order valence-corrected chi connectivity index (χ2v) is 2.87. The van der Waals surface area contributed by atoms with Gasteiger partial charge in [0, 0.05) is 5.56 Å². The molecule has 0 N–H and O–H groups in total. The van der Waals surface area contributed by atoms with Gasteiger partial charge in [-0.1, -0.05) is 29.8 Å². The van der Waals surface area contributed by atoms with E-state index >= 15 is 0 Å². The van der Waals surface area contributed by atoms with E-state index in [2.05, 4.69) is 5.18 Å². The van der Waals surface area contributed by atoms with Crippen LogP contribution in [-0.4, -0.2) is 0 Å². The predicted octanol–water partition coefficient (Wildman–Crippen LogP) is 3.51. The molecule has 0 bridgehead atoms. The lowest BCUT2D eigenvalue weighted by Crippen LogP contribution is -1.73. The monoisotopic (exact) mass is 161 g/mol. The van der Waals surface area contributed by atoms with Crippen LogP contribution >= 0.6 is 0 Å². The molecule has 0 saturated carbocycles. The molecule has 0 spiro atoms. The van der Waals surface area contributed by atoms with E-state index in [4.69, 9.17) is 0 Å². The average Bonchev–Trinajstić information content (AvgIpc) is 2.04. The van der Waals surface area contributed by atoms with Gasteiger partial charge < -0.3 is 0 Å². The molecule has 0 fully saturated rings. The Morgan fingerprint density at radius 1 is 1.33 bits per heavy atom. The van der Waals surface area contributed by atoms with Crippen LogP contribution < -0.4 is 0 Å². The van der Waals surface area contributed by atoms with Gasteiger partial charge in [-0.15, -0.1) is 4.91 Å². The van der Waals surface area contributed by atoms with Gasteiger partial charge in [-0.3, -0.25) is 0 Å². The van der Waals surface area contributed by atoms with Crippen molar-refractivity contribution in [2.75, 3.05) is 0 Å². The van der Waals surface area contributed by atoms with Gasteiger partial charge in [0.2, 0.25) is 0 Å². The second kappa shape index (κ2) is 3.81. The lowest BCUT2D eigenvalue weighted by molar-refractivity contribution is 1.40. The number of nitroso groups, excluding NO2 is 1. The van der Waals surface area contributed by atoms with Crippen LogP contribution in [-0.2, 0) is 0 Å². The summed E-state index contributed by atoms with van der Waals surface area (Å²) in [5, 5.41) is 2.93. The molecule has 0 aliphatic carbocycles. The van der Waals surface area contributed by atoms with E-state index in [1.807, 2.05) is 32.1 Å². The zero-order valence-corrected chi connectivity index (χ0v) is 7.24. The minimum absolute atomic E-state index is 0.499. The summed E-state index contributed by atoms with van der Waals surface area (Å²) in [5.41, 5.74) is 2.54. The lowest BCUT2D eigenvalue weighted by Gasteiger charge is -1.96. The van der Waals surface area contributed by atoms with Crippen LogP contribution in [0, 0.1) is 4.91 Å². The summed E-state index contributed by atoms with van der Waals surface area (Å²) >= 11 is 0. The summed E-state index contributed by atoms with van der Waals surface area (Å²) in [4.78, 5) is 10.3. The number of hydrogen-bond acceptors (Lipinski definition) is 2. The Balaban J connectivity index is 3.14. The van der Waals surface area contributed by atoms with Gasteiger partial charge >= 0.3 is 0 Å². The Bertz CT molecular complexity index is 311. The van der Waals surface area contributed by atoms with Crippen LogP contribution in [0.2, 0.25) is 0 Å². The zero-order chi connectivity index (χ0) is 8.97. The fourth-order valence-corrected chi connectivity index (χ4v) is 1.00. The summed E-state index contributed by atoms with van der Waals surface area (Å²) in [6, 6.07) is 7.29. The Morgan fingerprint density at radius 2 is 2.00 bits per heavy atom. The first-order valence-electron chi connectivity index (χ1n) is 3.81. The smallest absolute Gasteiger partial charge is 0.115 e. The van der Waals surface area contributed by atoms with Crippen LogP contribution in [0.4, 0.5) is 5.69 Å². The number of rotatable bonds is 2. The van der Waals surface area contributed by atoms with Crippen molar-refractivity contribution in [1.29, 1.82) is 0 Å². The first-order chi connectivity index (χ1) is 5.74. The van der Waals surface area contributed by atoms with E-state index in [9.17, 15) is 4.91 Å². The second-order valence-electron chi connectivity index (χ2n) is 2.87. The van der Waals surface area contributed by atoms with Crippen molar-refractivity contribution >= 4 is 11.8 Å². The van der Waals surface area contributed by atoms with Crippen molar-refractivity contribution in [3.05, 3.63) is 40.3 Å². The van der Waals surface area contributed by atoms with Crippen molar-refractivity contribution in [3.8, 4) is 0 Å². The number of nitrogens with zero attached hydrogens (tertiary/aromatic N) is 1. The van der Waals surface area contributed by atoms with Crippen molar-refractivity contribution in [2.24, 2.45) is 5.18 Å². The third-order valence-corrected chi connectivity index (χ3v) is 1.48. The average molecular weight is 161 g/mol. The summed E-state index contributed by atoms with van der Waals surface area (Å²) in [5.74, 6) is 0. The molecule has 0 heterocycles. The summed E-state index contributed by atoms with van der Waals surface area (Å²) in [6.45, 7) is 3.98. The molecule has 0 unspecified atom stereocenters. The maximum Gasteiger partial charge on any atom is 0.115 e. The Kier molecular flexibility index (Phi) is 2.75. The minimum Gasteiger partial charge on any atom is -0.145 e. The highest BCUT2D eigenvalue weighted by atomic mass is 16.3. The molecular weight excluding hydrogens is 150 g/mol. The number of hydrogen-bond donors (Lipinski definition) is 0. The first kappa shape index (κ1) is 8.65. The van der Waals surface area contributed by atoms with Gasteiger partial charge in [-0.2, -0.15) is 0 Å². The quantitative estimate of drug-likeness (QED) is 0.610. The van der Waals surface area contributed by atoms with Crippen LogP contribution in [0.3, 0.4) is 0 Å². The van der Waals surface area contributed by atoms with Gasteiger partial charge in [0.05, 0.1) is 0 Å². The molecule has 1 aromatic rings. The predicted molar refractivity (Wildman–Crippen MR) is 51.2 cm³/mol. The molecule has 1 aromatic carbocycles. The molecular formula is C10H11NO. The van der Waals surface area contributed by atoms with E-state index in [-0.39, 0.29) is 0 Å². The van der Waals surface area contributed by atoms with Crippen LogP contribution in [0.5, 0.6) is 0 Å². The summed E-state index contributed by atoms with van der Waals surface area (Å²) in [7, 11) is 0. The number of benzene rings is 1. The normalized spacial score (nSPS) is 9.17. The van der Waals surface area contributed by atoms with E-state index in [1.165, 1.54) is 0 Å². The van der Waals surface area contributed by atoms with E-state index in [1.54, 1.807) is 12.1 Å². The summed E-state index contributed by atoms with van der Waals surface area (Å²) in [6.07, 6.45) is 1.94. The maximum atomic E-state index is 10.3. The molecule has 2 heteroatoms. The SMILES string of the molecule is CC(C)=Cc1ccccc1N=O. The topological polar surface area (TPSA) is 29.4 Å². The Labute approximate surface area is 71.9 Å². The largest absolute Gasteiger partial charge is 0.145 e. The summed E-state index contributed by atoms with van der Waals surface area (Å²) < 4.78 is 0. The fraction of sp³-hybridized carbons (Fsp3) is 0.200. The molecule has 62 valence electrons. The van der Waals surface area contributed by atoms with E-state index < -0.39 is 0 Å². The van der Waals surface area contributed by atoms with Crippen molar-refractivity contribution in [1.82, 2.24) is 0 Å². The van der Waals surface area contributed by atoms with E-state index in [0.717, 1.165) is 11.1 Å². The zero-order valence-electron chi connectivity index (χ0n) is 7.24. The molecule has 0 saturated heterocycles. The molecule has 1 rings (SSSR count). The van der Waals surface area contributed by atoms with Gasteiger partial charge in [0.15, 0.2) is 0 Å². The molecule has 0 radical (unpaired) electrons. The lowest BCUT2D eigenvalue weighted by atomic mass is 10.1. The maximum absolute atomic E-state index is 10.3. The van der Waals surface area contributed by atoms with Gasteiger partial charge in [-0.25, -0.2) is 0 Å². The molecule has 2 nitrogen and oxygen atoms in total. The van der Waals surface area contributed by atoms with Crippen LogP contribution in [0.25, 0.3) is 6.08 Å². The Morgan fingerprint density at radius 3 is 2.58 bits per heavy atom.